The largest absolute Gasteiger partial charge is 0.339 e. The number of aromatic nitrogens is 3. The van der Waals surface area contributed by atoms with Crippen LogP contribution in [0.25, 0.3) is 5.65 Å². The van der Waals surface area contributed by atoms with Crippen molar-refractivity contribution in [2.24, 2.45) is 11.8 Å². The summed E-state index contributed by atoms with van der Waals surface area (Å²) in [5.41, 5.74) is 0.928. The van der Waals surface area contributed by atoms with Crippen LogP contribution in [-0.4, -0.2) is 40.8 Å². The van der Waals surface area contributed by atoms with Crippen LogP contribution in [0, 0.1) is 11.8 Å². The average molecular weight is 229 g/mol. The maximum Gasteiger partial charge on any atom is 0.245 e. The number of anilines is 1. The Labute approximate surface area is 99.4 Å². The third-order valence-electron chi connectivity index (χ3n) is 3.90. The van der Waals surface area contributed by atoms with Crippen molar-refractivity contribution in [3.05, 3.63) is 24.4 Å². The van der Waals surface area contributed by atoms with Gasteiger partial charge in [-0.25, -0.2) is 4.52 Å². The zero-order valence-corrected chi connectivity index (χ0v) is 9.58. The highest BCUT2D eigenvalue weighted by Gasteiger charge is 2.37. The molecule has 4 heterocycles. The average Bonchev–Trinajstić information content (AvgIpc) is 3.01. The molecule has 88 valence electrons. The zero-order chi connectivity index (χ0) is 11.2. The Hall–Kier alpha value is -1.62. The van der Waals surface area contributed by atoms with Gasteiger partial charge in [-0.15, -0.1) is 5.10 Å². The number of rotatable bonds is 1. The summed E-state index contributed by atoms with van der Waals surface area (Å²) in [6.07, 6.45) is 1.95. The van der Waals surface area contributed by atoms with Gasteiger partial charge >= 0.3 is 0 Å². The number of nitrogens with one attached hydrogen (secondary N) is 1. The third-order valence-corrected chi connectivity index (χ3v) is 3.90. The van der Waals surface area contributed by atoms with Gasteiger partial charge in [0.05, 0.1) is 0 Å². The molecule has 0 aliphatic carbocycles. The van der Waals surface area contributed by atoms with Gasteiger partial charge in [0.1, 0.15) is 0 Å². The van der Waals surface area contributed by atoms with E-state index in [1.807, 2.05) is 28.9 Å². The van der Waals surface area contributed by atoms with Crippen molar-refractivity contribution in [1.29, 1.82) is 0 Å². The molecule has 2 aromatic heterocycles. The fourth-order valence-corrected chi connectivity index (χ4v) is 2.97. The Balaban J connectivity index is 1.66. The number of hydrogen-bond acceptors (Lipinski definition) is 4. The first-order valence-electron chi connectivity index (χ1n) is 6.17. The normalized spacial score (nSPS) is 27.9. The summed E-state index contributed by atoms with van der Waals surface area (Å²) in [4.78, 5) is 6.90. The van der Waals surface area contributed by atoms with Gasteiger partial charge in [0, 0.05) is 32.4 Å². The molecular weight excluding hydrogens is 214 g/mol. The van der Waals surface area contributed by atoms with Crippen LogP contribution in [0.15, 0.2) is 24.4 Å². The molecule has 2 saturated heterocycles. The maximum atomic E-state index is 4.58. The lowest BCUT2D eigenvalue weighted by atomic mass is 10.0. The van der Waals surface area contributed by atoms with Crippen molar-refractivity contribution >= 4 is 11.6 Å². The lowest BCUT2D eigenvalue weighted by molar-refractivity contribution is 0.533. The van der Waals surface area contributed by atoms with E-state index in [-0.39, 0.29) is 0 Å². The molecule has 2 atom stereocenters. The van der Waals surface area contributed by atoms with E-state index >= 15 is 0 Å². The molecule has 2 fully saturated rings. The van der Waals surface area contributed by atoms with Crippen LogP contribution in [0.2, 0.25) is 0 Å². The Morgan fingerprint density at radius 1 is 1.18 bits per heavy atom. The minimum Gasteiger partial charge on any atom is -0.339 e. The molecule has 2 aliphatic rings. The number of nitrogens with zero attached hydrogens (tertiary/aromatic N) is 4. The highest BCUT2D eigenvalue weighted by molar-refractivity contribution is 5.45. The Morgan fingerprint density at radius 3 is 2.76 bits per heavy atom. The van der Waals surface area contributed by atoms with Crippen LogP contribution >= 0.6 is 0 Å². The molecule has 0 spiro atoms. The van der Waals surface area contributed by atoms with E-state index in [2.05, 4.69) is 20.3 Å². The van der Waals surface area contributed by atoms with Crippen molar-refractivity contribution in [2.45, 2.75) is 0 Å². The molecule has 2 aromatic rings. The van der Waals surface area contributed by atoms with E-state index in [4.69, 9.17) is 0 Å². The van der Waals surface area contributed by atoms with Crippen molar-refractivity contribution in [3.63, 3.8) is 0 Å². The fraction of sp³-hybridized carbons (Fsp3) is 0.500. The molecule has 0 bridgehead atoms. The van der Waals surface area contributed by atoms with Gasteiger partial charge in [-0.3, -0.25) is 0 Å². The minimum atomic E-state index is 0.779. The molecule has 5 nitrogen and oxygen atoms in total. The van der Waals surface area contributed by atoms with E-state index in [1.165, 1.54) is 0 Å². The fourth-order valence-electron chi connectivity index (χ4n) is 2.97. The number of fused-ring (bicyclic) bond motifs is 2. The molecule has 0 radical (unpaired) electrons. The monoisotopic (exact) mass is 229 g/mol. The first kappa shape index (κ1) is 9.41. The summed E-state index contributed by atoms with van der Waals surface area (Å²) in [5.74, 6) is 2.44. The number of pyridine rings is 1. The van der Waals surface area contributed by atoms with Gasteiger partial charge in [-0.05, 0) is 24.0 Å². The summed E-state index contributed by atoms with van der Waals surface area (Å²) < 4.78 is 1.85. The lowest BCUT2D eigenvalue weighted by Crippen LogP contribution is -2.26. The third kappa shape index (κ3) is 1.42. The molecule has 0 unspecified atom stereocenters. The second-order valence-electron chi connectivity index (χ2n) is 5.00. The van der Waals surface area contributed by atoms with Crippen molar-refractivity contribution in [3.8, 4) is 0 Å². The van der Waals surface area contributed by atoms with Crippen LogP contribution in [0.3, 0.4) is 0 Å². The zero-order valence-electron chi connectivity index (χ0n) is 9.58. The Morgan fingerprint density at radius 2 is 2.00 bits per heavy atom. The van der Waals surface area contributed by atoms with Crippen LogP contribution in [0.4, 0.5) is 5.95 Å². The first-order chi connectivity index (χ1) is 8.40. The van der Waals surface area contributed by atoms with E-state index < -0.39 is 0 Å². The van der Waals surface area contributed by atoms with Crippen molar-refractivity contribution in [1.82, 2.24) is 19.9 Å². The topological polar surface area (TPSA) is 45.5 Å². The summed E-state index contributed by atoms with van der Waals surface area (Å²) in [7, 11) is 0. The molecule has 5 heteroatoms. The molecule has 4 rings (SSSR count). The summed E-state index contributed by atoms with van der Waals surface area (Å²) in [6.45, 7) is 4.48. The second-order valence-corrected chi connectivity index (χ2v) is 5.00. The van der Waals surface area contributed by atoms with Crippen LogP contribution in [0.5, 0.6) is 0 Å². The highest BCUT2D eigenvalue weighted by atomic mass is 15.4. The van der Waals surface area contributed by atoms with Crippen LogP contribution in [-0.2, 0) is 0 Å². The molecule has 0 saturated carbocycles. The van der Waals surface area contributed by atoms with Gasteiger partial charge < -0.3 is 10.2 Å². The summed E-state index contributed by atoms with van der Waals surface area (Å²) >= 11 is 0. The van der Waals surface area contributed by atoms with Crippen molar-refractivity contribution in [2.75, 3.05) is 31.1 Å². The molecule has 2 aliphatic heterocycles. The predicted octanol–water partition coefficient (Wildman–Crippen LogP) is 0.385. The first-order valence-corrected chi connectivity index (χ1v) is 6.17. The standard InChI is InChI=1S/C12H15N5/c1-2-4-17-11(3-1)14-12(15-17)16-7-9-5-13-6-10(9)8-16/h1-4,9-10,13H,5-8H2/t9-,10+. The SMILES string of the molecule is c1ccn2nc(N3C[C@H]4CNC[C@H]4C3)nc2c1. The highest BCUT2D eigenvalue weighted by Crippen LogP contribution is 2.28. The molecule has 0 aromatic carbocycles. The Bertz CT molecular complexity index is 504. The maximum absolute atomic E-state index is 4.58. The van der Waals surface area contributed by atoms with Gasteiger partial charge in [0.15, 0.2) is 5.65 Å². The molecule has 17 heavy (non-hydrogen) atoms. The predicted molar refractivity (Wildman–Crippen MR) is 65.0 cm³/mol. The quantitative estimate of drug-likeness (QED) is 0.768. The second kappa shape index (κ2) is 3.43. The smallest absolute Gasteiger partial charge is 0.245 e. The van der Waals surface area contributed by atoms with E-state index in [0.717, 1.165) is 49.6 Å². The Kier molecular flexibility index (Phi) is 1.90. The van der Waals surface area contributed by atoms with E-state index in [0.29, 0.717) is 0 Å². The number of hydrogen-bond donors (Lipinski definition) is 1. The molecule has 1 N–H and O–H groups in total. The molecular formula is C12H15N5. The van der Waals surface area contributed by atoms with E-state index in [9.17, 15) is 0 Å². The summed E-state index contributed by atoms with van der Waals surface area (Å²) in [6, 6.07) is 5.97. The van der Waals surface area contributed by atoms with Gasteiger partial charge in [0.2, 0.25) is 5.95 Å². The minimum absolute atomic E-state index is 0.779. The van der Waals surface area contributed by atoms with Crippen molar-refractivity contribution < 1.29 is 0 Å². The van der Waals surface area contributed by atoms with Gasteiger partial charge in [-0.1, -0.05) is 6.07 Å². The van der Waals surface area contributed by atoms with Gasteiger partial charge in [0.25, 0.3) is 0 Å². The van der Waals surface area contributed by atoms with Crippen LogP contribution < -0.4 is 10.2 Å². The van der Waals surface area contributed by atoms with Crippen LogP contribution in [0.1, 0.15) is 0 Å². The van der Waals surface area contributed by atoms with E-state index in [1.54, 1.807) is 0 Å². The summed E-state index contributed by atoms with van der Waals surface area (Å²) in [5, 5.41) is 7.98. The molecule has 0 amide bonds. The van der Waals surface area contributed by atoms with Gasteiger partial charge in [-0.2, -0.15) is 4.98 Å². The lowest BCUT2D eigenvalue weighted by Gasteiger charge is -2.14.